The van der Waals surface area contributed by atoms with Crippen LogP contribution in [0.15, 0.2) is 0 Å². The zero-order valence-corrected chi connectivity index (χ0v) is 63.8. The first-order chi connectivity index (χ1) is 45.9. The van der Waals surface area contributed by atoms with E-state index in [1.54, 1.807) is 0 Å². The number of hydrogen-bond acceptors (Lipinski definition) is 15. The first-order valence-corrected chi connectivity index (χ1v) is 42.5. The summed E-state index contributed by atoms with van der Waals surface area (Å²) in [6, 6.07) is 0. The van der Waals surface area contributed by atoms with Gasteiger partial charge in [0.2, 0.25) is 0 Å². The second kappa shape index (κ2) is 67.9. The highest BCUT2D eigenvalue weighted by Gasteiger charge is 2.30. The molecule has 3 N–H and O–H groups in total. The predicted molar refractivity (Wildman–Crippen MR) is 386 cm³/mol. The zero-order chi connectivity index (χ0) is 70.0. The molecular weight excluding hydrogens is 1250 g/mol. The Morgan fingerprint density at radius 1 is 0.305 bits per heavy atom. The van der Waals surface area contributed by atoms with E-state index in [2.05, 4.69) is 41.5 Å². The monoisotopic (exact) mass is 1400 g/mol. The van der Waals surface area contributed by atoms with Crippen LogP contribution < -0.4 is 0 Å². The van der Waals surface area contributed by atoms with Gasteiger partial charge < -0.3 is 33.8 Å². The van der Waals surface area contributed by atoms with E-state index in [0.29, 0.717) is 25.7 Å². The van der Waals surface area contributed by atoms with Crippen LogP contribution in [0.5, 0.6) is 0 Å². The average molecular weight is 1400 g/mol. The largest absolute Gasteiger partial charge is 0.472 e. The van der Waals surface area contributed by atoms with Crippen LogP contribution >= 0.6 is 15.6 Å². The molecule has 0 bridgehead atoms. The number of phosphoric acid groups is 2. The van der Waals surface area contributed by atoms with E-state index in [1.807, 2.05) is 0 Å². The standard InChI is InChI=1S/C76H148O17P2/c1-7-10-12-14-16-17-18-19-20-21-22-26-29-35-41-47-53-59-74(79)87-65-72(93-75(80)60-54-48-42-36-30-27-24-23-25-28-33-39-44-50-56-68(4)5)67-91-95(84,85)89-63-70(77)62-88-94(82,83)90-66-71(64-86-73(78)58-52-46-38-15-13-11-8-2)92-76(81)61-55-49-43-37-32-31-34-40-45-51-57-69(6)9-3/h68-72,77H,7-67H2,1-6H3,(H,82,83)(H,84,85)/t69?,70-,71+,72+/m0/s1. The van der Waals surface area contributed by atoms with Gasteiger partial charge in [-0.25, -0.2) is 9.13 Å². The Kier molecular flexibility index (Phi) is 66.5. The number of unbranched alkanes of at least 4 members (excludes halogenated alkanes) is 44. The second-order valence-corrected chi connectivity index (χ2v) is 31.0. The van der Waals surface area contributed by atoms with Crippen LogP contribution in [-0.4, -0.2) is 96.7 Å². The summed E-state index contributed by atoms with van der Waals surface area (Å²) in [4.78, 5) is 72.7. The minimum Gasteiger partial charge on any atom is -0.462 e. The van der Waals surface area contributed by atoms with Crippen molar-refractivity contribution < 1.29 is 80.2 Å². The Hall–Kier alpha value is -1.94. The Morgan fingerprint density at radius 3 is 0.800 bits per heavy atom. The molecule has 0 saturated carbocycles. The Balaban J connectivity index is 5.20. The fraction of sp³-hybridized carbons (Fsp3) is 0.947. The number of esters is 4. The van der Waals surface area contributed by atoms with Crippen molar-refractivity contribution in [2.75, 3.05) is 39.6 Å². The quantitative estimate of drug-likeness (QED) is 0.0222. The number of aliphatic hydroxyl groups is 1. The number of rotatable bonds is 75. The molecule has 0 radical (unpaired) electrons. The SMILES string of the molecule is CCCCCCCCCCCCCCCCCCCC(=O)OC[C@H](COP(=O)(O)OC[C@@H](O)COP(=O)(O)OC[C@@H](COC(=O)CCCCCCCCC)OC(=O)CCCCCCCCCCCCC(C)CC)OC(=O)CCCCCCCCCCCCCCCCC(C)C. The minimum atomic E-state index is -4.96. The summed E-state index contributed by atoms with van der Waals surface area (Å²) in [5, 5.41) is 10.6. The summed E-state index contributed by atoms with van der Waals surface area (Å²) in [6.07, 6.45) is 55.5. The first kappa shape index (κ1) is 93.1. The van der Waals surface area contributed by atoms with Gasteiger partial charge in [0, 0.05) is 25.7 Å². The predicted octanol–water partition coefficient (Wildman–Crippen LogP) is 22.3. The molecule has 0 aromatic carbocycles. The molecule has 0 saturated heterocycles. The van der Waals surface area contributed by atoms with Gasteiger partial charge in [-0.2, -0.15) is 0 Å². The van der Waals surface area contributed by atoms with Gasteiger partial charge >= 0.3 is 39.5 Å². The fourth-order valence-corrected chi connectivity index (χ4v) is 13.2. The van der Waals surface area contributed by atoms with Crippen molar-refractivity contribution in [2.24, 2.45) is 11.8 Å². The summed E-state index contributed by atoms with van der Waals surface area (Å²) in [5.74, 6) is -0.521. The number of aliphatic hydroxyl groups excluding tert-OH is 1. The van der Waals surface area contributed by atoms with Crippen LogP contribution in [0.4, 0.5) is 0 Å². The molecule has 0 aliphatic heterocycles. The third-order valence-corrected chi connectivity index (χ3v) is 20.0. The van der Waals surface area contributed by atoms with Gasteiger partial charge in [-0.05, 0) is 37.5 Å². The lowest BCUT2D eigenvalue weighted by Gasteiger charge is -2.21. The van der Waals surface area contributed by atoms with E-state index >= 15 is 0 Å². The van der Waals surface area contributed by atoms with Gasteiger partial charge in [-0.3, -0.25) is 37.3 Å². The van der Waals surface area contributed by atoms with Gasteiger partial charge in [0.1, 0.15) is 19.3 Å². The van der Waals surface area contributed by atoms with Crippen molar-refractivity contribution in [1.29, 1.82) is 0 Å². The summed E-state index contributed by atoms with van der Waals surface area (Å²) >= 11 is 0. The van der Waals surface area contributed by atoms with Crippen LogP contribution in [0.25, 0.3) is 0 Å². The lowest BCUT2D eigenvalue weighted by Crippen LogP contribution is -2.30. The van der Waals surface area contributed by atoms with Crippen molar-refractivity contribution >= 4 is 39.5 Å². The average Bonchev–Trinajstić information content (AvgIpc) is 1.75. The van der Waals surface area contributed by atoms with Crippen LogP contribution in [0.2, 0.25) is 0 Å². The topological polar surface area (TPSA) is 237 Å². The van der Waals surface area contributed by atoms with Gasteiger partial charge in [-0.15, -0.1) is 0 Å². The van der Waals surface area contributed by atoms with E-state index < -0.39 is 97.5 Å². The van der Waals surface area contributed by atoms with Gasteiger partial charge in [0.25, 0.3) is 0 Å². The molecule has 0 heterocycles. The smallest absolute Gasteiger partial charge is 0.462 e. The number of carbonyl (C=O) groups excluding carboxylic acids is 4. The third kappa shape index (κ3) is 69.0. The highest BCUT2D eigenvalue weighted by atomic mass is 31.2. The molecule has 0 rings (SSSR count). The minimum absolute atomic E-state index is 0.106. The van der Waals surface area contributed by atoms with E-state index in [0.717, 1.165) is 115 Å². The zero-order valence-electron chi connectivity index (χ0n) is 62.0. The highest BCUT2D eigenvalue weighted by molar-refractivity contribution is 7.47. The molecule has 17 nitrogen and oxygen atoms in total. The molecule has 0 aliphatic carbocycles. The van der Waals surface area contributed by atoms with E-state index in [1.165, 1.54) is 199 Å². The van der Waals surface area contributed by atoms with Crippen LogP contribution in [0, 0.1) is 11.8 Å². The molecule has 0 aromatic rings. The molecule has 6 atom stereocenters. The summed E-state index contributed by atoms with van der Waals surface area (Å²) in [7, 11) is -9.91. The molecular formula is C76H148O17P2. The van der Waals surface area contributed by atoms with E-state index in [4.69, 9.17) is 37.0 Å². The van der Waals surface area contributed by atoms with Crippen molar-refractivity contribution in [1.82, 2.24) is 0 Å². The highest BCUT2D eigenvalue weighted by Crippen LogP contribution is 2.45. The lowest BCUT2D eigenvalue weighted by atomic mass is 9.99. The van der Waals surface area contributed by atoms with Crippen molar-refractivity contribution in [2.45, 2.75) is 413 Å². The molecule has 0 aliphatic rings. The number of hydrogen-bond donors (Lipinski definition) is 3. The van der Waals surface area contributed by atoms with E-state index in [9.17, 15) is 43.2 Å². The van der Waals surface area contributed by atoms with E-state index in [-0.39, 0.29) is 25.7 Å². The normalized spacial score (nSPS) is 14.3. The second-order valence-electron chi connectivity index (χ2n) is 28.1. The summed E-state index contributed by atoms with van der Waals surface area (Å²) < 4.78 is 68.4. The third-order valence-electron chi connectivity index (χ3n) is 18.1. The van der Waals surface area contributed by atoms with Crippen molar-refractivity contribution in [3.8, 4) is 0 Å². The molecule has 19 heteroatoms. The summed E-state index contributed by atoms with van der Waals surface area (Å²) in [6.45, 7) is 9.60. The van der Waals surface area contributed by atoms with Gasteiger partial charge in [0.05, 0.1) is 26.4 Å². The van der Waals surface area contributed by atoms with Crippen LogP contribution in [0.3, 0.4) is 0 Å². The maximum absolute atomic E-state index is 13.1. The molecule has 3 unspecified atom stereocenters. The Labute approximate surface area is 581 Å². The van der Waals surface area contributed by atoms with Crippen LogP contribution in [0.1, 0.15) is 395 Å². The molecule has 0 amide bonds. The van der Waals surface area contributed by atoms with Crippen molar-refractivity contribution in [3.05, 3.63) is 0 Å². The maximum atomic E-state index is 13.1. The molecule has 0 fully saturated rings. The number of carbonyl (C=O) groups is 4. The Morgan fingerprint density at radius 2 is 0.537 bits per heavy atom. The molecule has 0 aromatic heterocycles. The maximum Gasteiger partial charge on any atom is 0.472 e. The number of phosphoric ester groups is 2. The van der Waals surface area contributed by atoms with Crippen LogP contribution in [-0.2, 0) is 65.4 Å². The van der Waals surface area contributed by atoms with Gasteiger partial charge in [0.15, 0.2) is 12.2 Å². The summed E-state index contributed by atoms with van der Waals surface area (Å²) in [5.41, 5.74) is 0. The lowest BCUT2D eigenvalue weighted by molar-refractivity contribution is -0.161. The number of ether oxygens (including phenoxy) is 4. The molecule has 564 valence electrons. The first-order valence-electron chi connectivity index (χ1n) is 39.5. The molecule has 95 heavy (non-hydrogen) atoms. The fourth-order valence-electron chi connectivity index (χ4n) is 11.6. The van der Waals surface area contributed by atoms with Crippen molar-refractivity contribution in [3.63, 3.8) is 0 Å². The van der Waals surface area contributed by atoms with Gasteiger partial charge in [-0.1, -0.05) is 343 Å². The molecule has 0 spiro atoms. The Bertz CT molecular complexity index is 1840.